The number of carbonyl (C=O) groups is 1. The number of aryl methyl sites for hydroxylation is 2. The molecule has 1 aromatic rings. The summed E-state index contributed by atoms with van der Waals surface area (Å²) in [7, 11) is 0. The summed E-state index contributed by atoms with van der Waals surface area (Å²) < 4.78 is 0. The third-order valence-corrected chi connectivity index (χ3v) is 3.25. The Hall–Kier alpha value is -1.57. The molecule has 0 fully saturated rings. The van der Waals surface area contributed by atoms with Crippen molar-refractivity contribution >= 4 is 12.0 Å². The SMILES string of the molecule is Cc1ccc(C)c(/C=C/CCC(C)(C)C(=O)O)c1. The molecular weight excluding hydrogens is 224 g/mol. The topological polar surface area (TPSA) is 37.3 Å². The normalized spacial score (nSPS) is 12.0. The second kappa shape index (κ2) is 5.85. The molecule has 2 nitrogen and oxygen atoms in total. The highest BCUT2D eigenvalue weighted by Crippen LogP contribution is 2.23. The predicted octanol–water partition coefficient (Wildman–Crippen LogP) is 4.21. The molecule has 0 bridgehead atoms. The molecule has 1 rings (SSSR count). The van der Waals surface area contributed by atoms with Crippen LogP contribution in [0.15, 0.2) is 24.3 Å². The van der Waals surface area contributed by atoms with Gasteiger partial charge in [0.05, 0.1) is 5.41 Å². The average molecular weight is 246 g/mol. The second-order valence-electron chi connectivity index (χ2n) is 5.49. The molecule has 0 unspecified atom stereocenters. The highest BCUT2D eigenvalue weighted by Gasteiger charge is 2.25. The summed E-state index contributed by atoms with van der Waals surface area (Å²) in [5.41, 5.74) is 3.05. The maximum absolute atomic E-state index is 11.0. The summed E-state index contributed by atoms with van der Waals surface area (Å²) in [5, 5.41) is 9.01. The third-order valence-electron chi connectivity index (χ3n) is 3.25. The number of hydrogen-bond donors (Lipinski definition) is 1. The molecule has 2 heteroatoms. The van der Waals surface area contributed by atoms with Crippen molar-refractivity contribution < 1.29 is 9.90 Å². The Morgan fingerprint density at radius 2 is 2.00 bits per heavy atom. The number of rotatable bonds is 5. The Morgan fingerprint density at radius 1 is 1.33 bits per heavy atom. The van der Waals surface area contributed by atoms with Crippen LogP contribution in [-0.2, 0) is 4.79 Å². The molecule has 0 heterocycles. The van der Waals surface area contributed by atoms with Gasteiger partial charge in [-0.15, -0.1) is 0 Å². The number of allylic oxidation sites excluding steroid dienone is 1. The minimum atomic E-state index is -0.734. The van der Waals surface area contributed by atoms with E-state index >= 15 is 0 Å². The molecule has 0 radical (unpaired) electrons. The van der Waals surface area contributed by atoms with E-state index in [2.05, 4.69) is 44.2 Å². The highest BCUT2D eigenvalue weighted by atomic mass is 16.4. The first-order valence-electron chi connectivity index (χ1n) is 6.30. The molecule has 1 N–H and O–H groups in total. The minimum Gasteiger partial charge on any atom is -0.481 e. The zero-order valence-electron chi connectivity index (χ0n) is 11.7. The fourth-order valence-electron chi connectivity index (χ4n) is 1.70. The fraction of sp³-hybridized carbons (Fsp3) is 0.438. The van der Waals surface area contributed by atoms with Gasteiger partial charge in [0.15, 0.2) is 0 Å². The van der Waals surface area contributed by atoms with Crippen LogP contribution < -0.4 is 0 Å². The van der Waals surface area contributed by atoms with Crippen LogP contribution in [0.5, 0.6) is 0 Å². The number of aliphatic carboxylic acids is 1. The van der Waals surface area contributed by atoms with E-state index < -0.39 is 11.4 Å². The molecule has 98 valence electrons. The molecule has 1 aromatic carbocycles. The van der Waals surface area contributed by atoms with E-state index in [-0.39, 0.29) is 0 Å². The lowest BCUT2D eigenvalue weighted by molar-refractivity contribution is -0.147. The van der Waals surface area contributed by atoms with Crippen LogP contribution in [0.25, 0.3) is 6.08 Å². The first-order chi connectivity index (χ1) is 8.33. The van der Waals surface area contributed by atoms with Gasteiger partial charge in [-0.1, -0.05) is 35.9 Å². The van der Waals surface area contributed by atoms with Gasteiger partial charge in [-0.2, -0.15) is 0 Å². The Morgan fingerprint density at radius 3 is 2.61 bits per heavy atom. The molecule has 0 atom stereocenters. The molecule has 0 aromatic heterocycles. The number of carboxylic acid groups (broad SMARTS) is 1. The minimum absolute atomic E-state index is 0.647. The van der Waals surface area contributed by atoms with Crippen molar-refractivity contribution in [1.82, 2.24) is 0 Å². The lowest BCUT2D eigenvalue weighted by Gasteiger charge is -2.17. The van der Waals surface area contributed by atoms with Gasteiger partial charge in [-0.25, -0.2) is 0 Å². The molecule has 0 amide bonds. The van der Waals surface area contributed by atoms with Crippen LogP contribution in [0.2, 0.25) is 0 Å². The van der Waals surface area contributed by atoms with Crippen molar-refractivity contribution in [3.63, 3.8) is 0 Å². The Labute approximate surface area is 109 Å². The van der Waals surface area contributed by atoms with Crippen LogP contribution in [-0.4, -0.2) is 11.1 Å². The lowest BCUT2D eigenvalue weighted by atomic mass is 9.88. The van der Waals surface area contributed by atoms with Crippen LogP contribution in [0.3, 0.4) is 0 Å². The Bertz CT molecular complexity index is 456. The van der Waals surface area contributed by atoms with Crippen LogP contribution in [0, 0.1) is 19.3 Å². The van der Waals surface area contributed by atoms with Crippen molar-refractivity contribution in [2.45, 2.75) is 40.5 Å². The van der Waals surface area contributed by atoms with Gasteiger partial charge < -0.3 is 5.11 Å². The monoisotopic (exact) mass is 246 g/mol. The maximum atomic E-state index is 11.0. The molecule has 0 saturated heterocycles. The summed E-state index contributed by atoms with van der Waals surface area (Å²) in [6.07, 6.45) is 5.59. The Kier molecular flexibility index (Phi) is 4.71. The molecule has 0 spiro atoms. The zero-order chi connectivity index (χ0) is 13.8. The molecule has 18 heavy (non-hydrogen) atoms. The number of benzene rings is 1. The van der Waals surface area contributed by atoms with E-state index in [9.17, 15) is 4.79 Å². The molecule has 0 aliphatic heterocycles. The molecule has 0 aliphatic rings. The van der Waals surface area contributed by atoms with Gasteiger partial charge in [-0.3, -0.25) is 4.79 Å². The van der Waals surface area contributed by atoms with Gasteiger partial charge >= 0.3 is 5.97 Å². The molecule has 0 saturated carbocycles. The number of hydrogen-bond acceptors (Lipinski definition) is 1. The van der Waals surface area contributed by atoms with Crippen LogP contribution >= 0.6 is 0 Å². The van der Waals surface area contributed by atoms with E-state index in [1.807, 2.05) is 0 Å². The van der Waals surface area contributed by atoms with E-state index in [1.54, 1.807) is 13.8 Å². The summed E-state index contributed by atoms with van der Waals surface area (Å²) >= 11 is 0. The van der Waals surface area contributed by atoms with E-state index in [0.717, 1.165) is 6.42 Å². The van der Waals surface area contributed by atoms with Crippen molar-refractivity contribution in [3.8, 4) is 0 Å². The predicted molar refractivity (Wildman–Crippen MR) is 75.6 cm³/mol. The van der Waals surface area contributed by atoms with Gasteiger partial charge in [0.1, 0.15) is 0 Å². The maximum Gasteiger partial charge on any atom is 0.309 e. The smallest absolute Gasteiger partial charge is 0.309 e. The van der Waals surface area contributed by atoms with E-state index in [0.29, 0.717) is 6.42 Å². The van der Waals surface area contributed by atoms with Crippen molar-refractivity contribution in [2.75, 3.05) is 0 Å². The first-order valence-corrected chi connectivity index (χ1v) is 6.30. The van der Waals surface area contributed by atoms with Gasteiger partial charge in [0.25, 0.3) is 0 Å². The standard InChI is InChI=1S/C16H22O2/c1-12-8-9-13(2)14(11-12)7-5-6-10-16(3,4)15(17)18/h5,7-9,11H,6,10H2,1-4H3,(H,17,18)/b7-5+. The third kappa shape index (κ3) is 4.02. The lowest BCUT2D eigenvalue weighted by Crippen LogP contribution is -2.22. The van der Waals surface area contributed by atoms with Gasteiger partial charge in [0, 0.05) is 0 Å². The largest absolute Gasteiger partial charge is 0.481 e. The van der Waals surface area contributed by atoms with Gasteiger partial charge in [0.2, 0.25) is 0 Å². The van der Waals surface area contributed by atoms with Gasteiger partial charge in [-0.05, 0) is 51.7 Å². The molecular formula is C16H22O2. The van der Waals surface area contributed by atoms with Crippen molar-refractivity contribution in [3.05, 3.63) is 41.0 Å². The average Bonchev–Trinajstić information content (AvgIpc) is 2.28. The van der Waals surface area contributed by atoms with Crippen LogP contribution in [0.1, 0.15) is 43.4 Å². The Balaban J connectivity index is 2.61. The highest BCUT2D eigenvalue weighted by molar-refractivity contribution is 5.73. The fourth-order valence-corrected chi connectivity index (χ4v) is 1.70. The van der Waals surface area contributed by atoms with Crippen molar-refractivity contribution in [1.29, 1.82) is 0 Å². The van der Waals surface area contributed by atoms with Crippen LogP contribution in [0.4, 0.5) is 0 Å². The summed E-state index contributed by atoms with van der Waals surface area (Å²) in [4.78, 5) is 11.0. The first kappa shape index (κ1) is 14.5. The summed E-state index contributed by atoms with van der Waals surface area (Å²) in [5.74, 6) is -0.734. The zero-order valence-corrected chi connectivity index (χ0v) is 11.7. The van der Waals surface area contributed by atoms with Crippen molar-refractivity contribution in [2.24, 2.45) is 5.41 Å². The summed E-state index contributed by atoms with van der Waals surface area (Å²) in [6.45, 7) is 7.69. The molecule has 0 aliphatic carbocycles. The number of carboxylic acids is 1. The van der Waals surface area contributed by atoms with E-state index in [1.165, 1.54) is 16.7 Å². The second-order valence-corrected chi connectivity index (χ2v) is 5.49. The van der Waals surface area contributed by atoms with E-state index in [4.69, 9.17) is 5.11 Å². The quantitative estimate of drug-likeness (QED) is 0.845. The summed E-state index contributed by atoms with van der Waals surface area (Å²) in [6, 6.07) is 6.35.